The lowest BCUT2D eigenvalue weighted by atomic mass is 9.80. The Balaban J connectivity index is 1.72. The fourth-order valence-corrected chi connectivity index (χ4v) is 7.44. The summed E-state index contributed by atoms with van der Waals surface area (Å²) >= 11 is 0. The number of allylic oxidation sites excluding steroid dienone is 12. The molecule has 2 fully saturated rings. The summed E-state index contributed by atoms with van der Waals surface area (Å²) in [7, 11) is 4.31. The van der Waals surface area contributed by atoms with E-state index in [0.717, 1.165) is 30.1 Å². The van der Waals surface area contributed by atoms with E-state index in [1.165, 1.54) is 39.5 Å². The van der Waals surface area contributed by atoms with Gasteiger partial charge in [-0.3, -0.25) is 0 Å². The van der Waals surface area contributed by atoms with Crippen LogP contribution in [0.25, 0.3) is 0 Å². The predicted octanol–water partition coefficient (Wildman–Crippen LogP) is 10.5. The molecule has 2 heterocycles. The minimum Gasteiger partial charge on any atom is -0.351 e. The van der Waals surface area contributed by atoms with Gasteiger partial charge in [0.2, 0.25) is 17.1 Å². The van der Waals surface area contributed by atoms with E-state index in [1.807, 2.05) is 12.2 Å². The molecule has 2 aromatic rings. The van der Waals surface area contributed by atoms with E-state index in [4.69, 9.17) is 0 Å². The van der Waals surface area contributed by atoms with Gasteiger partial charge in [0.1, 0.15) is 5.84 Å². The van der Waals surface area contributed by atoms with E-state index in [2.05, 4.69) is 179 Å². The Hall–Kier alpha value is -4.70. The molecule has 0 radical (unpaired) electrons. The normalized spacial score (nSPS) is 25.1. The van der Waals surface area contributed by atoms with Crippen LogP contribution in [0.3, 0.4) is 0 Å². The van der Waals surface area contributed by atoms with Crippen LogP contribution in [0.15, 0.2) is 161 Å². The van der Waals surface area contributed by atoms with Gasteiger partial charge in [-0.2, -0.15) is 4.58 Å². The Kier molecular flexibility index (Phi) is 9.72. The van der Waals surface area contributed by atoms with Crippen LogP contribution in [0.1, 0.15) is 54.4 Å². The zero-order valence-corrected chi connectivity index (χ0v) is 29.6. The standard InChI is InChI=1S/C43H51N4/c1-11-13-24-37-32(4)45(9)39(43(37,7)8)30-28-34-26-25-33(27-29-38-42(5,6)31(3)41(44-12-2)46(38)10)40(34)47(35-20-16-14-17-21-35)36-22-18-15-19-23-36/h11-24,27-31H,1-2,25-26H2,3-10H3/q+1/b24-13-,44-41?. The third kappa shape index (κ3) is 6.22. The van der Waals surface area contributed by atoms with Crippen LogP contribution >= 0.6 is 0 Å². The van der Waals surface area contributed by atoms with Crippen LogP contribution in [0.2, 0.25) is 0 Å². The van der Waals surface area contributed by atoms with Crippen molar-refractivity contribution in [3.8, 4) is 0 Å². The minimum absolute atomic E-state index is 0.0602. The van der Waals surface area contributed by atoms with Gasteiger partial charge in [-0.25, -0.2) is 4.99 Å². The van der Waals surface area contributed by atoms with Gasteiger partial charge in [0, 0.05) is 89.5 Å². The van der Waals surface area contributed by atoms with Crippen LogP contribution in [-0.2, 0) is 0 Å². The fraction of sp³-hybridized carbons (Fsp3) is 0.302. The molecule has 3 aliphatic rings. The Morgan fingerprint density at radius 2 is 1.32 bits per heavy atom. The lowest BCUT2D eigenvalue weighted by Gasteiger charge is -2.25. The van der Waals surface area contributed by atoms with Crippen molar-refractivity contribution in [2.75, 3.05) is 14.1 Å². The van der Waals surface area contributed by atoms with Crippen molar-refractivity contribution in [2.24, 2.45) is 21.7 Å². The first-order valence-electron chi connectivity index (χ1n) is 16.7. The van der Waals surface area contributed by atoms with Gasteiger partial charge >= 0.3 is 0 Å². The summed E-state index contributed by atoms with van der Waals surface area (Å²) in [5.41, 5.74) is 11.1. The highest BCUT2D eigenvalue weighted by Crippen LogP contribution is 2.47. The second-order valence-corrected chi connectivity index (χ2v) is 13.8. The molecule has 2 aromatic carbocycles. The molecule has 0 aromatic heterocycles. The molecule has 5 rings (SSSR count). The molecule has 1 saturated carbocycles. The SMILES string of the molecule is C=C/C=C\C1=C(C)N(C)/C(=C/C=C2\CCC(=CC=C3N(C)C(=NC=C)C(C)C3(C)C)C2=[N+](c2ccccc2)c2ccccc2)C1(C)C. The van der Waals surface area contributed by atoms with Crippen molar-refractivity contribution < 1.29 is 0 Å². The van der Waals surface area contributed by atoms with Gasteiger partial charge in [0.25, 0.3) is 0 Å². The number of hydrogen-bond donors (Lipinski definition) is 0. The Bertz CT molecular complexity index is 1740. The number of hydrogen-bond acceptors (Lipinski definition) is 2. The van der Waals surface area contributed by atoms with Crippen molar-refractivity contribution in [2.45, 2.75) is 54.4 Å². The summed E-state index contributed by atoms with van der Waals surface area (Å²) in [6.45, 7) is 21.5. The van der Waals surface area contributed by atoms with Crippen LogP contribution < -0.4 is 4.58 Å². The molecule has 0 spiro atoms. The molecule has 47 heavy (non-hydrogen) atoms. The van der Waals surface area contributed by atoms with Crippen LogP contribution in [0, 0.1) is 16.7 Å². The van der Waals surface area contributed by atoms with E-state index in [-0.39, 0.29) is 16.7 Å². The molecule has 242 valence electrons. The molecule has 4 nitrogen and oxygen atoms in total. The molecule has 2 aliphatic heterocycles. The third-order valence-electron chi connectivity index (χ3n) is 10.4. The second-order valence-electron chi connectivity index (χ2n) is 13.8. The van der Waals surface area contributed by atoms with Gasteiger partial charge < -0.3 is 9.80 Å². The highest BCUT2D eigenvalue weighted by molar-refractivity contribution is 6.17. The van der Waals surface area contributed by atoms with Gasteiger partial charge in [0.15, 0.2) is 0 Å². The average Bonchev–Trinajstić information content (AvgIpc) is 3.57. The summed E-state index contributed by atoms with van der Waals surface area (Å²) in [6.07, 6.45) is 19.1. The summed E-state index contributed by atoms with van der Waals surface area (Å²) in [6, 6.07) is 21.5. The van der Waals surface area contributed by atoms with E-state index >= 15 is 0 Å². The first-order chi connectivity index (χ1) is 22.4. The number of benzene rings is 2. The number of likely N-dealkylation sites (tertiary alicyclic amines) is 1. The Morgan fingerprint density at radius 1 is 0.787 bits per heavy atom. The van der Waals surface area contributed by atoms with Gasteiger partial charge in [-0.1, -0.05) is 115 Å². The number of rotatable bonds is 7. The van der Waals surface area contributed by atoms with Gasteiger partial charge in [-0.15, -0.1) is 0 Å². The van der Waals surface area contributed by atoms with Gasteiger partial charge in [0.05, 0.1) is 0 Å². The second kappa shape index (κ2) is 13.6. The minimum atomic E-state index is -0.129. The summed E-state index contributed by atoms with van der Waals surface area (Å²) in [4.78, 5) is 9.24. The van der Waals surface area contributed by atoms with Crippen molar-refractivity contribution in [1.29, 1.82) is 0 Å². The Labute approximate surface area is 283 Å². The number of amidine groups is 1. The number of aliphatic imine (C=N–C) groups is 1. The molecule has 0 bridgehead atoms. The smallest absolute Gasteiger partial charge is 0.218 e. The van der Waals surface area contributed by atoms with E-state index < -0.39 is 0 Å². The molecule has 0 N–H and O–H groups in total. The highest BCUT2D eigenvalue weighted by Gasteiger charge is 2.44. The average molecular weight is 624 g/mol. The maximum absolute atomic E-state index is 4.65. The van der Waals surface area contributed by atoms with Crippen molar-refractivity contribution in [3.63, 3.8) is 0 Å². The molecule has 1 unspecified atom stereocenters. The van der Waals surface area contributed by atoms with Crippen LogP contribution in [0.5, 0.6) is 0 Å². The van der Waals surface area contributed by atoms with Gasteiger partial charge in [-0.05, 0) is 37.5 Å². The lowest BCUT2D eigenvalue weighted by Crippen LogP contribution is -2.21. The molecule has 1 saturated heterocycles. The molecule has 1 atom stereocenters. The van der Waals surface area contributed by atoms with Crippen LogP contribution in [-0.4, -0.2) is 35.4 Å². The predicted molar refractivity (Wildman–Crippen MR) is 203 cm³/mol. The molecular weight excluding hydrogens is 573 g/mol. The highest BCUT2D eigenvalue weighted by atomic mass is 15.2. The summed E-state index contributed by atoms with van der Waals surface area (Å²) < 4.78 is 2.43. The molecule has 1 aliphatic carbocycles. The largest absolute Gasteiger partial charge is 0.351 e. The molecule has 0 amide bonds. The Morgan fingerprint density at radius 3 is 1.83 bits per heavy atom. The maximum atomic E-state index is 4.65. The summed E-state index contributed by atoms with van der Waals surface area (Å²) in [5, 5.41) is 0. The van der Waals surface area contributed by atoms with E-state index in [1.54, 1.807) is 6.20 Å². The van der Waals surface area contributed by atoms with Crippen molar-refractivity contribution >= 4 is 22.9 Å². The topological polar surface area (TPSA) is 21.9 Å². The third-order valence-corrected chi connectivity index (χ3v) is 10.4. The fourth-order valence-electron chi connectivity index (χ4n) is 7.44. The first kappa shape index (κ1) is 33.7. The summed E-state index contributed by atoms with van der Waals surface area (Å²) in [5.74, 6) is 1.34. The maximum Gasteiger partial charge on any atom is 0.218 e. The van der Waals surface area contributed by atoms with Crippen LogP contribution in [0.4, 0.5) is 11.4 Å². The quantitative estimate of drug-likeness (QED) is 0.226. The zero-order chi connectivity index (χ0) is 33.9. The zero-order valence-electron chi connectivity index (χ0n) is 29.6. The van der Waals surface area contributed by atoms with E-state index in [0.29, 0.717) is 0 Å². The van der Waals surface area contributed by atoms with Crippen molar-refractivity contribution in [3.05, 3.63) is 156 Å². The molecular formula is C43H51N4+. The molecule has 4 heteroatoms. The van der Waals surface area contributed by atoms with Crippen molar-refractivity contribution in [1.82, 2.24) is 14.4 Å². The van der Waals surface area contributed by atoms with E-state index in [9.17, 15) is 0 Å². The monoisotopic (exact) mass is 623 g/mol. The first-order valence-corrected chi connectivity index (χ1v) is 16.7. The number of para-hydroxylation sites is 2. The number of nitrogens with zero attached hydrogens (tertiary/aromatic N) is 4. The lowest BCUT2D eigenvalue weighted by molar-refractivity contribution is 0.367.